The molecule has 0 saturated carbocycles. The number of imidazole rings is 1. The number of rotatable bonds is 10. The highest BCUT2D eigenvalue weighted by Crippen LogP contribution is 2.42. The van der Waals surface area contributed by atoms with Gasteiger partial charge in [0.1, 0.15) is 11.6 Å². The number of benzene rings is 3. The zero-order valence-electron chi connectivity index (χ0n) is 24.6. The van der Waals surface area contributed by atoms with E-state index in [1.165, 1.54) is 4.90 Å². The van der Waals surface area contributed by atoms with E-state index in [0.29, 0.717) is 12.8 Å². The molecule has 228 valence electrons. The van der Waals surface area contributed by atoms with E-state index in [1.54, 1.807) is 0 Å². The molecule has 2 N–H and O–H groups in total. The lowest BCUT2D eigenvalue weighted by Gasteiger charge is -2.38. The van der Waals surface area contributed by atoms with Crippen molar-refractivity contribution in [3.05, 3.63) is 137 Å². The minimum Gasteiger partial charge on any atom is -0.465 e. The first kappa shape index (κ1) is 30.7. The van der Waals surface area contributed by atoms with Gasteiger partial charge in [-0.05, 0) is 61.3 Å². The SMILES string of the molecule is Cc1c(CCC[C@H](NC(=O)O)C(=O)N2CCC(=C(F)F)CC2)ncn1C(c1ccccc1)(c1ccccc1)c1ccccc1. The molecule has 1 aliphatic rings. The summed E-state index contributed by atoms with van der Waals surface area (Å²) in [4.78, 5) is 31.0. The third-order valence-corrected chi connectivity index (χ3v) is 8.49. The van der Waals surface area contributed by atoms with Crippen LogP contribution in [0.4, 0.5) is 13.6 Å². The number of aryl methyl sites for hydroxylation is 1. The van der Waals surface area contributed by atoms with Gasteiger partial charge in [0.25, 0.3) is 6.08 Å². The largest absolute Gasteiger partial charge is 0.465 e. The molecule has 1 aliphatic heterocycles. The number of nitrogens with one attached hydrogen (secondary N) is 1. The van der Waals surface area contributed by atoms with Gasteiger partial charge in [0.15, 0.2) is 0 Å². The molecule has 2 heterocycles. The summed E-state index contributed by atoms with van der Waals surface area (Å²) in [6, 6.07) is 29.9. The number of carboxylic acid groups (broad SMARTS) is 1. The van der Waals surface area contributed by atoms with Crippen molar-refractivity contribution >= 4 is 12.0 Å². The number of aromatic nitrogens is 2. The summed E-state index contributed by atoms with van der Waals surface area (Å²) < 4.78 is 28.2. The Morgan fingerprint density at radius 2 is 1.39 bits per heavy atom. The van der Waals surface area contributed by atoms with Crippen molar-refractivity contribution in [3.8, 4) is 0 Å². The van der Waals surface area contributed by atoms with Crippen molar-refractivity contribution in [2.24, 2.45) is 0 Å². The number of carbonyl (C=O) groups is 2. The molecule has 1 aromatic heterocycles. The van der Waals surface area contributed by atoms with E-state index < -0.39 is 23.8 Å². The average molecular weight is 599 g/mol. The topological polar surface area (TPSA) is 87.5 Å². The highest BCUT2D eigenvalue weighted by Gasteiger charge is 2.39. The summed E-state index contributed by atoms with van der Waals surface area (Å²) in [5.41, 5.74) is 4.39. The van der Waals surface area contributed by atoms with Crippen LogP contribution in [0.15, 0.2) is 109 Å². The van der Waals surface area contributed by atoms with Gasteiger partial charge in [0, 0.05) is 18.8 Å². The predicted molar refractivity (Wildman–Crippen MR) is 165 cm³/mol. The molecule has 0 bridgehead atoms. The maximum absolute atomic E-state index is 13.2. The molecule has 44 heavy (non-hydrogen) atoms. The zero-order chi connectivity index (χ0) is 31.1. The van der Waals surface area contributed by atoms with Gasteiger partial charge in [-0.2, -0.15) is 8.78 Å². The molecule has 5 rings (SSSR count). The molecule has 9 heteroatoms. The van der Waals surface area contributed by atoms with Gasteiger partial charge < -0.3 is 19.9 Å². The van der Waals surface area contributed by atoms with Crippen molar-refractivity contribution in [1.82, 2.24) is 19.8 Å². The standard InChI is InChI=1S/C35H36F2N4O3/c1-25-30(18-11-19-31(39-34(43)44)33(42)40-22-20-26(21-23-40)32(36)37)38-24-41(25)35(27-12-5-2-6-13-27,28-14-7-3-8-15-28)29-16-9-4-10-17-29/h2-10,12-17,24,31,39H,11,18-23H2,1H3,(H,43,44)/t31-/m0/s1. The minimum atomic E-state index is -1.69. The summed E-state index contributed by atoms with van der Waals surface area (Å²) in [6.07, 6.45) is 0.346. The van der Waals surface area contributed by atoms with Gasteiger partial charge >= 0.3 is 6.09 Å². The van der Waals surface area contributed by atoms with Crippen LogP contribution < -0.4 is 5.32 Å². The molecule has 7 nitrogen and oxygen atoms in total. The van der Waals surface area contributed by atoms with Gasteiger partial charge in [0.05, 0.1) is 12.0 Å². The molecule has 1 fully saturated rings. The van der Waals surface area contributed by atoms with Crippen molar-refractivity contribution in [1.29, 1.82) is 0 Å². The first-order valence-electron chi connectivity index (χ1n) is 14.8. The third kappa shape index (κ3) is 6.27. The number of likely N-dealkylation sites (tertiary alicyclic amines) is 1. The molecular formula is C35H36F2N4O3. The molecular weight excluding hydrogens is 562 g/mol. The van der Waals surface area contributed by atoms with Gasteiger partial charge in [-0.15, -0.1) is 0 Å². The Balaban J connectivity index is 1.42. The number of piperidine rings is 1. The monoisotopic (exact) mass is 598 g/mol. The van der Waals surface area contributed by atoms with Crippen LogP contribution in [-0.2, 0) is 16.8 Å². The van der Waals surface area contributed by atoms with E-state index in [0.717, 1.165) is 28.1 Å². The van der Waals surface area contributed by atoms with Gasteiger partial charge in [-0.1, -0.05) is 91.0 Å². The van der Waals surface area contributed by atoms with Crippen molar-refractivity contribution in [2.45, 2.75) is 50.6 Å². The van der Waals surface area contributed by atoms with Crippen LogP contribution in [0.2, 0.25) is 0 Å². The van der Waals surface area contributed by atoms with Crippen LogP contribution >= 0.6 is 0 Å². The van der Waals surface area contributed by atoms with E-state index >= 15 is 0 Å². The van der Waals surface area contributed by atoms with Crippen LogP contribution in [0.25, 0.3) is 0 Å². The average Bonchev–Trinajstić information content (AvgIpc) is 3.42. The molecule has 0 aliphatic carbocycles. The van der Waals surface area contributed by atoms with E-state index in [1.807, 2.05) is 67.8 Å². The van der Waals surface area contributed by atoms with E-state index in [4.69, 9.17) is 4.98 Å². The Labute approximate surface area is 255 Å². The summed E-state index contributed by atoms with van der Waals surface area (Å²) in [7, 11) is 0. The van der Waals surface area contributed by atoms with Gasteiger partial charge in [-0.25, -0.2) is 9.78 Å². The number of hydrogen-bond acceptors (Lipinski definition) is 3. The smallest absolute Gasteiger partial charge is 0.405 e. The highest BCUT2D eigenvalue weighted by molar-refractivity contribution is 5.85. The van der Waals surface area contributed by atoms with Crippen LogP contribution in [0.5, 0.6) is 0 Å². The quantitative estimate of drug-likeness (QED) is 0.198. The Bertz CT molecular complexity index is 1500. The highest BCUT2D eigenvalue weighted by atomic mass is 19.3. The van der Waals surface area contributed by atoms with Crippen LogP contribution in [0, 0.1) is 6.92 Å². The van der Waals surface area contributed by atoms with Crippen molar-refractivity contribution in [2.75, 3.05) is 13.1 Å². The Kier molecular flexibility index (Phi) is 9.53. The molecule has 2 amide bonds. The lowest BCUT2D eigenvalue weighted by atomic mass is 9.76. The van der Waals surface area contributed by atoms with E-state index in [9.17, 15) is 23.5 Å². The second kappa shape index (κ2) is 13.7. The Morgan fingerprint density at radius 1 is 0.886 bits per heavy atom. The van der Waals surface area contributed by atoms with Gasteiger partial charge in [0.2, 0.25) is 5.91 Å². The number of halogens is 2. The Morgan fingerprint density at radius 3 is 1.84 bits per heavy atom. The van der Waals surface area contributed by atoms with Crippen molar-refractivity contribution < 1.29 is 23.5 Å². The number of carbonyl (C=O) groups excluding carboxylic acids is 1. The summed E-state index contributed by atoms with van der Waals surface area (Å²) >= 11 is 0. The minimum absolute atomic E-state index is 0.0560. The zero-order valence-corrected chi connectivity index (χ0v) is 24.6. The molecule has 0 unspecified atom stereocenters. The molecule has 4 aromatic rings. The lowest BCUT2D eigenvalue weighted by Crippen LogP contribution is -2.50. The van der Waals surface area contributed by atoms with E-state index in [2.05, 4.69) is 46.3 Å². The summed E-state index contributed by atoms with van der Waals surface area (Å²) in [5.74, 6) is -0.385. The fourth-order valence-electron chi connectivity index (χ4n) is 6.27. The third-order valence-electron chi connectivity index (χ3n) is 8.49. The second-order valence-corrected chi connectivity index (χ2v) is 11.0. The van der Waals surface area contributed by atoms with Crippen molar-refractivity contribution in [3.63, 3.8) is 0 Å². The molecule has 1 saturated heterocycles. The first-order valence-corrected chi connectivity index (χ1v) is 14.8. The number of hydrogen-bond donors (Lipinski definition) is 2. The fourth-order valence-corrected chi connectivity index (χ4v) is 6.27. The molecule has 1 atom stereocenters. The molecule has 0 radical (unpaired) electrons. The maximum Gasteiger partial charge on any atom is 0.405 e. The van der Waals surface area contributed by atoms with Crippen LogP contribution in [0.1, 0.15) is 53.8 Å². The lowest BCUT2D eigenvalue weighted by molar-refractivity contribution is -0.134. The Hall–Kier alpha value is -4.79. The maximum atomic E-state index is 13.2. The van der Waals surface area contributed by atoms with Gasteiger partial charge in [-0.3, -0.25) is 4.79 Å². The molecule has 3 aromatic carbocycles. The summed E-state index contributed by atoms with van der Waals surface area (Å²) in [6.45, 7) is 2.33. The summed E-state index contributed by atoms with van der Waals surface area (Å²) in [5, 5.41) is 11.8. The number of amides is 2. The normalized spacial score (nSPS) is 14.2. The predicted octanol–water partition coefficient (Wildman–Crippen LogP) is 6.76. The molecule has 0 spiro atoms. The van der Waals surface area contributed by atoms with Crippen LogP contribution in [0.3, 0.4) is 0 Å². The van der Waals surface area contributed by atoms with E-state index in [-0.39, 0.29) is 43.8 Å². The second-order valence-electron chi connectivity index (χ2n) is 11.0. The number of nitrogens with zero attached hydrogens (tertiary/aromatic N) is 3. The fraction of sp³-hybridized carbons (Fsp3) is 0.286. The first-order chi connectivity index (χ1) is 21.3. The van der Waals surface area contributed by atoms with Crippen LogP contribution in [-0.4, -0.2) is 50.7 Å².